The van der Waals surface area contributed by atoms with Crippen LogP contribution in [0.4, 0.5) is 0 Å². The predicted octanol–water partition coefficient (Wildman–Crippen LogP) is -2.69. The van der Waals surface area contributed by atoms with E-state index in [2.05, 4.69) is 15.9 Å². The topological polar surface area (TPSA) is 40.1 Å². The van der Waals surface area contributed by atoms with Crippen LogP contribution in [-0.4, -0.2) is 11.3 Å². The molecule has 0 amide bonds. The zero-order chi connectivity index (χ0) is 6.41. The van der Waals surface area contributed by atoms with Gasteiger partial charge in [-0.25, -0.2) is 0 Å². The number of alkyl halides is 1. The smallest absolute Gasteiger partial charge is 0.550 e. The van der Waals surface area contributed by atoms with Gasteiger partial charge in [0.2, 0.25) is 0 Å². The van der Waals surface area contributed by atoms with Gasteiger partial charge in [0.15, 0.2) is 0 Å². The molecule has 0 heterocycles. The molecule has 0 N–H and O–H groups in total. The van der Waals surface area contributed by atoms with Gasteiger partial charge in [-0.15, -0.1) is 0 Å². The third-order valence-corrected chi connectivity index (χ3v) is 1.33. The summed E-state index contributed by atoms with van der Waals surface area (Å²) >= 11 is 3.19. The Morgan fingerprint density at radius 2 is 2.00 bits per heavy atom. The van der Waals surface area contributed by atoms with Gasteiger partial charge in [-0.2, -0.15) is 0 Å². The Morgan fingerprint density at radius 1 is 1.44 bits per heavy atom. The fourth-order valence-electron chi connectivity index (χ4n) is 0.364. The third kappa shape index (κ3) is 12.2. The molecule has 4 heteroatoms. The molecule has 0 aromatic carbocycles. The number of aliphatic carboxylic acids is 1. The molecule has 2 nitrogen and oxygen atoms in total. The second-order valence-corrected chi connectivity index (χ2v) is 2.31. The Hall–Kier alpha value is 0.950. The van der Waals surface area contributed by atoms with Crippen molar-refractivity contribution in [2.24, 2.45) is 0 Å². The van der Waals surface area contributed by atoms with Crippen molar-refractivity contribution in [3.63, 3.8) is 0 Å². The molecule has 0 spiro atoms. The van der Waals surface area contributed by atoms with Gasteiger partial charge in [0.1, 0.15) is 0 Å². The largest absolute Gasteiger partial charge is 1.00 e. The summed E-state index contributed by atoms with van der Waals surface area (Å²) in [7, 11) is 0. The molecule has 0 aromatic heterocycles. The van der Waals surface area contributed by atoms with E-state index in [4.69, 9.17) is 0 Å². The molecule has 0 radical (unpaired) electrons. The average Bonchev–Trinajstić information content (AvgIpc) is 1.66. The van der Waals surface area contributed by atoms with Gasteiger partial charge in [0, 0.05) is 11.3 Å². The minimum atomic E-state index is -0.953. The molecule has 0 aliphatic rings. The first kappa shape index (κ1) is 12.6. The quantitative estimate of drug-likeness (QED) is 0.283. The van der Waals surface area contributed by atoms with Crippen LogP contribution in [0.3, 0.4) is 0 Å². The summed E-state index contributed by atoms with van der Waals surface area (Å²) in [4.78, 5) is 9.75. The summed E-state index contributed by atoms with van der Waals surface area (Å²) in [6.07, 6.45) is 1.81. The van der Waals surface area contributed by atoms with Gasteiger partial charge in [-0.1, -0.05) is 15.9 Å². The minimum absolute atomic E-state index is 0. The van der Waals surface area contributed by atoms with Crippen molar-refractivity contribution in [1.82, 2.24) is 0 Å². The maximum absolute atomic E-state index is 9.75. The number of carboxylic acid groups (broad SMARTS) is 1. The zero-order valence-electron chi connectivity index (χ0n) is 5.52. The van der Waals surface area contributed by atoms with E-state index < -0.39 is 5.97 Å². The molecule has 0 unspecified atom stereocenters. The molecule has 0 saturated heterocycles. The van der Waals surface area contributed by atoms with E-state index in [1.807, 2.05) is 0 Å². The molecule has 0 aliphatic heterocycles. The van der Waals surface area contributed by atoms with E-state index in [1.54, 1.807) is 0 Å². The van der Waals surface area contributed by atoms with Crippen LogP contribution in [0.15, 0.2) is 0 Å². The third-order valence-electron chi connectivity index (χ3n) is 0.765. The van der Waals surface area contributed by atoms with E-state index in [0.717, 1.165) is 11.8 Å². The van der Waals surface area contributed by atoms with Crippen LogP contribution in [0, 0.1) is 0 Å². The number of carbonyl (C=O) groups is 1. The average molecular weight is 203 g/mol. The van der Waals surface area contributed by atoms with Crippen LogP contribution in [0.5, 0.6) is 0 Å². The number of halogens is 1. The van der Waals surface area contributed by atoms with Crippen molar-refractivity contribution in [2.45, 2.75) is 19.3 Å². The van der Waals surface area contributed by atoms with Crippen molar-refractivity contribution in [3.8, 4) is 0 Å². The van der Waals surface area contributed by atoms with E-state index in [0.29, 0.717) is 6.42 Å². The molecule has 48 valence electrons. The number of hydrogen-bond donors (Lipinski definition) is 0. The van der Waals surface area contributed by atoms with E-state index in [-0.39, 0.29) is 36.0 Å². The Morgan fingerprint density at radius 3 is 2.33 bits per heavy atom. The first-order valence-corrected chi connectivity index (χ1v) is 3.65. The summed E-state index contributed by atoms with van der Waals surface area (Å²) in [5.41, 5.74) is 0. The summed E-state index contributed by atoms with van der Waals surface area (Å²) < 4.78 is 0. The Bertz CT molecular complexity index is 77.4. The first-order chi connectivity index (χ1) is 3.77. The van der Waals surface area contributed by atoms with Gasteiger partial charge >= 0.3 is 29.6 Å². The first-order valence-electron chi connectivity index (χ1n) is 2.53. The van der Waals surface area contributed by atoms with E-state index in [9.17, 15) is 9.90 Å². The molecule has 0 aromatic rings. The monoisotopic (exact) mass is 202 g/mol. The molecule has 0 saturated carbocycles. The molecule has 0 aliphatic carbocycles. The van der Waals surface area contributed by atoms with Crippen molar-refractivity contribution in [1.29, 1.82) is 0 Å². The second kappa shape index (κ2) is 8.95. The maximum atomic E-state index is 9.75. The van der Waals surface area contributed by atoms with Crippen LogP contribution in [0.1, 0.15) is 19.3 Å². The van der Waals surface area contributed by atoms with Crippen LogP contribution < -0.4 is 34.7 Å². The van der Waals surface area contributed by atoms with Crippen LogP contribution in [0.2, 0.25) is 0 Å². The van der Waals surface area contributed by atoms with Gasteiger partial charge in [-0.3, -0.25) is 0 Å². The van der Waals surface area contributed by atoms with Gasteiger partial charge < -0.3 is 9.90 Å². The van der Waals surface area contributed by atoms with Gasteiger partial charge in [0.25, 0.3) is 0 Å². The standard InChI is InChI=1S/C5H9BrO2.Na/c6-4-2-1-3-5(7)8;/h1-4H2,(H,7,8);/q;+1/p-1. The summed E-state index contributed by atoms with van der Waals surface area (Å²) in [6.45, 7) is 0. The van der Waals surface area contributed by atoms with Crippen molar-refractivity contribution < 1.29 is 39.5 Å². The molecule has 0 bridgehead atoms. The van der Waals surface area contributed by atoms with E-state index >= 15 is 0 Å². The SMILES string of the molecule is O=C([O-])CCCCBr.[Na+]. The minimum Gasteiger partial charge on any atom is -0.550 e. The fraction of sp³-hybridized carbons (Fsp3) is 0.800. The number of hydrogen-bond acceptors (Lipinski definition) is 2. The van der Waals surface area contributed by atoms with Crippen molar-refractivity contribution >= 4 is 21.9 Å². The molecular weight excluding hydrogens is 195 g/mol. The Balaban J connectivity index is 0. The summed E-state index contributed by atoms with van der Waals surface area (Å²) in [5.74, 6) is -0.953. The summed E-state index contributed by atoms with van der Waals surface area (Å²) in [6, 6.07) is 0. The predicted molar refractivity (Wildman–Crippen MR) is 32.7 cm³/mol. The summed E-state index contributed by atoms with van der Waals surface area (Å²) in [5, 5.41) is 10.6. The normalized spacial score (nSPS) is 8.11. The maximum Gasteiger partial charge on any atom is 1.00 e. The van der Waals surface area contributed by atoms with Crippen molar-refractivity contribution in [3.05, 3.63) is 0 Å². The van der Waals surface area contributed by atoms with Crippen LogP contribution in [0.25, 0.3) is 0 Å². The van der Waals surface area contributed by atoms with Gasteiger partial charge in [0.05, 0.1) is 0 Å². The number of carboxylic acids is 1. The number of unbranched alkanes of at least 4 members (excludes halogenated alkanes) is 1. The van der Waals surface area contributed by atoms with E-state index in [1.165, 1.54) is 0 Å². The van der Waals surface area contributed by atoms with Crippen LogP contribution >= 0.6 is 15.9 Å². The molecule has 0 atom stereocenters. The zero-order valence-corrected chi connectivity index (χ0v) is 9.11. The molecule has 0 fully saturated rings. The molecule has 0 rings (SSSR count). The Kier molecular flexibility index (Phi) is 12.5. The van der Waals surface area contributed by atoms with Gasteiger partial charge in [-0.05, 0) is 19.3 Å². The van der Waals surface area contributed by atoms with Crippen LogP contribution in [-0.2, 0) is 4.79 Å². The fourth-order valence-corrected chi connectivity index (χ4v) is 0.760. The number of carbonyl (C=O) groups excluding carboxylic acids is 1. The molecule has 9 heavy (non-hydrogen) atoms. The number of rotatable bonds is 4. The second-order valence-electron chi connectivity index (χ2n) is 1.52. The Labute approximate surface area is 85.4 Å². The molecular formula is C5H8BrNaO2. The van der Waals surface area contributed by atoms with Crippen molar-refractivity contribution in [2.75, 3.05) is 5.33 Å².